The van der Waals surface area contributed by atoms with Crippen LogP contribution in [0, 0.1) is 6.92 Å². The molecule has 1 aliphatic rings. The molecule has 1 atom stereocenters. The lowest BCUT2D eigenvalue weighted by molar-refractivity contribution is 0.0697. The van der Waals surface area contributed by atoms with Crippen LogP contribution in [0.1, 0.15) is 34.3 Å². The molecular weight excluding hydrogens is 524 g/mol. The number of nitrogens with zero attached hydrogens (tertiary/aromatic N) is 2. The van der Waals surface area contributed by atoms with Gasteiger partial charge in [-0.15, -0.1) is 0 Å². The maximum absolute atomic E-state index is 13.0. The van der Waals surface area contributed by atoms with E-state index in [1.165, 1.54) is 17.7 Å². The van der Waals surface area contributed by atoms with Gasteiger partial charge in [0.15, 0.2) is 0 Å². The van der Waals surface area contributed by atoms with Gasteiger partial charge in [-0.25, -0.2) is 9.78 Å². The monoisotopic (exact) mass is 554 g/mol. The van der Waals surface area contributed by atoms with Crippen molar-refractivity contribution in [2.24, 2.45) is 0 Å². The number of carboxylic acid groups (broad SMARTS) is 1. The summed E-state index contributed by atoms with van der Waals surface area (Å²) < 4.78 is 11.8. The van der Waals surface area contributed by atoms with E-state index in [0.717, 1.165) is 65.7 Å². The Hall–Kier alpha value is -4.08. The number of rotatable bonds is 6. The number of H-pyrrole nitrogens is 2. The van der Waals surface area contributed by atoms with Crippen LogP contribution in [0.2, 0.25) is 0 Å². The number of aryl methyl sites for hydroxylation is 1. The van der Waals surface area contributed by atoms with Crippen LogP contribution in [0.25, 0.3) is 44.3 Å². The SMILES string of the molecule is Cc1c(-c2ccc(C(=O)O)cc2)c(=O)[nH]c2cnc3[nH]c(-c4ccc(CN5CCC(S(C)=O)CC5)cc4)cc3c12. The molecule has 204 valence electrons. The number of nitrogens with one attached hydrogen (secondary N) is 2. The first-order chi connectivity index (χ1) is 19.3. The summed E-state index contributed by atoms with van der Waals surface area (Å²) in [4.78, 5) is 37.7. The number of fused-ring (bicyclic) bond motifs is 3. The number of carboxylic acids is 1. The molecule has 40 heavy (non-hydrogen) atoms. The van der Waals surface area contributed by atoms with Crippen molar-refractivity contribution in [2.45, 2.75) is 31.6 Å². The van der Waals surface area contributed by atoms with Crippen LogP contribution in [0.4, 0.5) is 0 Å². The molecule has 1 aliphatic heterocycles. The average Bonchev–Trinajstić information content (AvgIpc) is 3.38. The molecular formula is C31H30N4O4S. The summed E-state index contributed by atoms with van der Waals surface area (Å²) in [6.07, 6.45) is 5.45. The zero-order valence-electron chi connectivity index (χ0n) is 22.4. The van der Waals surface area contributed by atoms with Crippen molar-refractivity contribution in [1.82, 2.24) is 19.9 Å². The molecule has 3 N–H and O–H groups in total. The number of hydrogen-bond donors (Lipinski definition) is 3. The van der Waals surface area contributed by atoms with Crippen molar-refractivity contribution in [3.63, 3.8) is 0 Å². The Labute approximate surface area is 233 Å². The highest BCUT2D eigenvalue weighted by molar-refractivity contribution is 7.84. The number of aromatic carboxylic acids is 1. The lowest BCUT2D eigenvalue weighted by Gasteiger charge is -2.30. The fourth-order valence-corrected chi connectivity index (χ4v) is 6.66. The van der Waals surface area contributed by atoms with E-state index in [0.29, 0.717) is 21.9 Å². The molecule has 0 bridgehead atoms. The fraction of sp³-hybridized carbons (Fsp3) is 0.258. The Bertz CT molecular complexity index is 1820. The first kappa shape index (κ1) is 26.2. The molecule has 2 aromatic carbocycles. The molecule has 1 saturated heterocycles. The number of hydrogen-bond acceptors (Lipinski definition) is 5. The maximum atomic E-state index is 13.0. The number of pyridine rings is 2. The van der Waals surface area contributed by atoms with E-state index in [1.54, 1.807) is 18.3 Å². The van der Waals surface area contributed by atoms with Crippen molar-refractivity contribution < 1.29 is 14.1 Å². The molecule has 0 radical (unpaired) electrons. The van der Waals surface area contributed by atoms with Crippen LogP contribution in [-0.2, 0) is 17.3 Å². The lowest BCUT2D eigenvalue weighted by atomic mass is 9.97. The largest absolute Gasteiger partial charge is 0.478 e. The van der Waals surface area contributed by atoms with Crippen molar-refractivity contribution in [3.8, 4) is 22.4 Å². The normalized spacial score (nSPS) is 15.6. The van der Waals surface area contributed by atoms with E-state index in [4.69, 9.17) is 0 Å². The highest BCUT2D eigenvalue weighted by Gasteiger charge is 2.22. The van der Waals surface area contributed by atoms with Gasteiger partial charge in [-0.1, -0.05) is 36.4 Å². The molecule has 1 unspecified atom stereocenters. The van der Waals surface area contributed by atoms with Crippen molar-refractivity contribution in [2.75, 3.05) is 19.3 Å². The molecule has 6 rings (SSSR count). The molecule has 0 saturated carbocycles. The standard InChI is InChI=1S/C31H30N4O4S/c1-18-27(21-7-9-22(10-8-21)31(37)38)30(36)34-26-16-32-29-24(28(18)26)15-25(33-29)20-5-3-19(4-6-20)17-35-13-11-23(12-14-35)40(2)39/h3-10,15-16,23H,11-14,17H2,1-2H3,(H,32,33)(H,34,36)(H,37,38). The van der Waals surface area contributed by atoms with Crippen molar-refractivity contribution >= 4 is 38.7 Å². The van der Waals surface area contributed by atoms with Crippen molar-refractivity contribution in [3.05, 3.63) is 87.8 Å². The number of carbonyl (C=O) groups is 1. The summed E-state index contributed by atoms with van der Waals surface area (Å²) in [7, 11) is -0.742. The molecule has 0 amide bonds. The van der Waals surface area contributed by atoms with Gasteiger partial charge in [0.05, 0.1) is 22.8 Å². The quantitative estimate of drug-likeness (QED) is 0.269. The van der Waals surface area contributed by atoms with Gasteiger partial charge in [0, 0.05) is 45.3 Å². The molecule has 0 aliphatic carbocycles. The van der Waals surface area contributed by atoms with Gasteiger partial charge in [-0.05, 0) is 73.3 Å². The van der Waals surface area contributed by atoms with E-state index in [-0.39, 0.29) is 11.1 Å². The second-order valence-corrected chi connectivity index (χ2v) is 12.2. The molecule has 0 spiro atoms. The highest BCUT2D eigenvalue weighted by Crippen LogP contribution is 2.33. The Morgan fingerprint density at radius 1 is 1.05 bits per heavy atom. The second kappa shape index (κ2) is 10.5. The minimum atomic E-state index is -1.01. The molecule has 5 aromatic rings. The van der Waals surface area contributed by atoms with E-state index in [9.17, 15) is 18.9 Å². The van der Waals surface area contributed by atoms with Gasteiger partial charge >= 0.3 is 5.97 Å². The number of benzene rings is 2. The van der Waals surface area contributed by atoms with Gasteiger partial charge < -0.3 is 15.1 Å². The van der Waals surface area contributed by atoms with Crippen LogP contribution in [0.5, 0.6) is 0 Å². The van der Waals surface area contributed by atoms with Gasteiger partial charge in [-0.3, -0.25) is 13.9 Å². The van der Waals surface area contributed by atoms with E-state index >= 15 is 0 Å². The van der Waals surface area contributed by atoms with E-state index < -0.39 is 16.8 Å². The smallest absolute Gasteiger partial charge is 0.335 e. The van der Waals surface area contributed by atoms with E-state index in [2.05, 4.69) is 50.2 Å². The van der Waals surface area contributed by atoms with Crippen LogP contribution in [0.3, 0.4) is 0 Å². The molecule has 9 heteroatoms. The second-order valence-electron chi connectivity index (χ2n) is 10.5. The molecule has 4 heterocycles. The lowest BCUT2D eigenvalue weighted by Crippen LogP contribution is -2.36. The third-order valence-electron chi connectivity index (χ3n) is 7.98. The Balaban J connectivity index is 1.31. The van der Waals surface area contributed by atoms with Crippen molar-refractivity contribution in [1.29, 1.82) is 0 Å². The number of aromatic amines is 2. The third kappa shape index (κ3) is 4.87. The fourth-order valence-electron chi connectivity index (χ4n) is 5.78. The zero-order valence-corrected chi connectivity index (χ0v) is 23.2. The summed E-state index contributed by atoms with van der Waals surface area (Å²) in [6.45, 7) is 4.74. The molecule has 8 nitrogen and oxygen atoms in total. The summed E-state index contributed by atoms with van der Waals surface area (Å²) in [6, 6.07) is 17.0. The van der Waals surface area contributed by atoms with Gasteiger partial charge in [-0.2, -0.15) is 0 Å². The van der Waals surface area contributed by atoms with E-state index in [1.807, 2.05) is 13.2 Å². The first-order valence-electron chi connectivity index (χ1n) is 13.3. The molecule has 3 aromatic heterocycles. The zero-order chi connectivity index (χ0) is 28.0. The topological polar surface area (TPSA) is 119 Å². The number of aromatic nitrogens is 3. The highest BCUT2D eigenvalue weighted by atomic mass is 32.2. The van der Waals surface area contributed by atoms with Crippen LogP contribution >= 0.6 is 0 Å². The number of likely N-dealkylation sites (tertiary alicyclic amines) is 1. The van der Waals surface area contributed by atoms with Gasteiger partial charge in [0.25, 0.3) is 5.56 Å². The third-order valence-corrected chi connectivity index (χ3v) is 9.39. The predicted molar refractivity (Wildman–Crippen MR) is 159 cm³/mol. The summed E-state index contributed by atoms with van der Waals surface area (Å²) in [5.74, 6) is -1.01. The Kier molecular flexibility index (Phi) is 6.85. The Morgan fingerprint density at radius 3 is 2.38 bits per heavy atom. The van der Waals surface area contributed by atoms with Gasteiger partial charge in [0.2, 0.25) is 0 Å². The van der Waals surface area contributed by atoms with Crippen LogP contribution in [0.15, 0.2) is 65.6 Å². The summed E-state index contributed by atoms with van der Waals surface area (Å²) in [5.41, 5.74) is 6.51. The first-order valence-corrected chi connectivity index (χ1v) is 14.9. The van der Waals surface area contributed by atoms with Gasteiger partial charge in [0.1, 0.15) is 5.65 Å². The minimum Gasteiger partial charge on any atom is -0.478 e. The van der Waals surface area contributed by atoms with Crippen LogP contribution < -0.4 is 5.56 Å². The predicted octanol–water partition coefficient (Wildman–Crippen LogP) is 5.09. The molecule has 1 fully saturated rings. The average molecular weight is 555 g/mol. The number of piperidine rings is 1. The minimum absolute atomic E-state index is 0.172. The maximum Gasteiger partial charge on any atom is 0.335 e. The summed E-state index contributed by atoms with van der Waals surface area (Å²) >= 11 is 0. The van der Waals surface area contributed by atoms with Crippen LogP contribution in [-0.4, -0.2) is 59.7 Å². The Morgan fingerprint density at radius 2 is 1.73 bits per heavy atom. The summed E-state index contributed by atoms with van der Waals surface area (Å²) in [5, 5.41) is 11.4.